The maximum Gasteiger partial charge on any atom is 0.263 e. The fourth-order valence-corrected chi connectivity index (χ4v) is 5.24. The van der Waals surface area contributed by atoms with Crippen LogP contribution in [0.3, 0.4) is 0 Å². The van der Waals surface area contributed by atoms with Crippen molar-refractivity contribution >= 4 is 49.7 Å². The zero-order valence-electron chi connectivity index (χ0n) is 15.8. The molecule has 7 nitrogen and oxygen atoms in total. The molecule has 0 bridgehead atoms. The number of aromatic nitrogens is 1. The first kappa shape index (κ1) is 20.8. The topological polar surface area (TPSA) is 91.4 Å². The number of hydrogen-bond acceptors (Lipinski definition) is 6. The molecule has 1 fully saturated rings. The Morgan fingerprint density at radius 2 is 1.93 bits per heavy atom. The highest BCUT2D eigenvalue weighted by atomic mass is 35.5. The molecule has 2 aromatic carbocycles. The second-order valence-electron chi connectivity index (χ2n) is 6.74. The average Bonchev–Trinajstić information content (AvgIpc) is 3.37. The van der Waals surface area contributed by atoms with Crippen molar-refractivity contribution in [2.24, 2.45) is 0 Å². The van der Waals surface area contributed by atoms with Gasteiger partial charge in [-0.1, -0.05) is 29.8 Å². The Kier molecular flexibility index (Phi) is 6.05. The fourth-order valence-electron chi connectivity index (χ4n) is 3.25. The molecule has 1 aliphatic heterocycles. The van der Waals surface area contributed by atoms with E-state index in [-0.39, 0.29) is 16.8 Å². The summed E-state index contributed by atoms with van der Waals surface area (Å²) in [4.78, 5) is 18.5. The van der Waals surface area contributed by atoms with E-state index < -0.39 is 10.0 Å². The Morgan fingerprint density at radius 1 is 1.17 bits per heavy atom. The summed E-state index contributed by atoms with van der Waals surface area (Å²) >= 11 is 7.38. The molecule has 0 aliphatic carbocycles. The number of carbonyl (C=O) groups excluding carboxylic acids is 1. The minimum Gasteiger partial charge on any atom is -0.311 e. The molecule has 1 unspecified atom stereocenters. The predicted molar refractivity (Wildman–Crippen MR) is 118 cm³/mol. The minimum atomic E-state index is -3.72. The Morgan fingerprint density at radius 3 is 2.63 bits per heavy atom. The molecule has 156 valence electrons. The standard InChI is InChI=1S/C20H19ClN4O3S2/c21-17-4-2-1-3-14(17)13-23-18-9-11-25(19(18)26)15-5-7-16(8-6-15)30(27,28)24-20-22-10-12-29-20/h1-8,10,12,18,23H,9,11,13H2,(H,22,24). The van der Waals surface area contributed by atoms with E-state index in [2.05, 4.69) is 15.0 Å². The van der Waals surface area contributed by atoms with Crippen molar-refractivity contribution in [2.45, 2.75) is 23.9 Å². The highest BCUT2D eigenvalue weighted by Crippen LogP contribution is 2.25. The first-order chi connectivity index (χ1) is 14.4. The maximum absolute atomic E-state index is 12.8. The molecule has 1 atom stereocenters. The number of carbonyl (C=O) groups is 1. The van der Waals surface area contributed by atoms with Gasteiger partial charge in [-0.05, 0) is 42.3 Å². The molecule has 0 radical (unpaired) electrons. The summed E-state index contributed by atoms with van der Waals surface area (Å²) in [6.45, 7) is 1.06. The summed E-state index contributed by atoms with van der Waals surface area (Å²) < 4.78 is 27.3. The van der Waals surface area contributed by atoms with Crippen molar-refractivity contribution < 1.29 is 13.2 Å². The highest BCUT2D eigenvalue weighted by Gasteiger charge is 2.32. The zero-order valence-corrected chi connectivity index (χ0v) is 18.2. The number of anilines is 2. The Hall–Kier alpha value is -2.46. The van der Waals surface area contributed by atoms with Crippen molar-refractivity contribution in [3.8, 4) is 0 Å². The highest BCUT2D eigenvalue weighted by molar-refractivity contribution is 7.93. The Bertz CT molecular complexity index is 1140. The van der Waals surface area contributed by atoms with Crippen LogP contribution in [-0.2, 0) is 21.4 Å². The lowest BCUT2D eigenvalue weighted by Gasteiger charge is -2.18. The normalized spacial score (nSPS) is 16.8. The molecule has 3 aromatic rings. The second kappa shape index (κ2) is 8.73. The van der Waals surface area contributed by atoms with E-state index in [1.165, 1.54) is 29.7 Å². The third-order valence-electron chi connectivity index (χ3n) is 4.81. The molecule has 2 heterocycles. The number of hydrogen-bond donors (Lipinski definition) is 2. The molecule has 0 spiro atoms. The fraction of sp³-hybridized carbons (Fsp3) is 0.200. The van der Waals surface area contributed by atoms with Gasteiger partial charge in [0.2, 0.25) is 5.91 Å². The molecule has 4 rings (SSSR count). The summed E-state index contributed by atoms with van der Waals surface area (Å²) in [5.41, 5.74) is 1.60. The van der Waals surface area contributed by atoms with Gasteiger partial charge >= 0.3 is 0 Å². The first-order valence-corrected chi connectivity index (χ1v) is 12.0. The van der Waals surface area contributed by atoms with Gasteiger partial charge in [-0.3, -0.25) is 9.52 Å². The van der Waals surface area contributed by atoms with Gasteiger partial charge in [-0.2, -0.15) is 0 Å². The summed E-state index contributed by atoms with van der Waals surface area (Å²) in [6, 6.07) is 13.5. The van der Waals surface area contributed by atoms with Gasteiger partial charge in [0.05, 0.1) is 10.9 Å². The summed E-state index contributed by atoms with van der Waals surface area (Å²) in [7, 11) is -3.72. The van der Waals surface area contributed by atoms with Crippen molar-refractivity contribution in [3.05, 3.63) is 70.7 Å². The average molecular weight is 463 g/mol. The predicted octanol–water partition coefficient (Wildman–Crippen LogP) is 3.49. The molecular weight excluding hydrogens is 444 g/mol. The van der Waals surface area contributed by atoms with E-state index in [0.717, 1.165) is 5.56 Å². The third-order valence-corrected chi connectivity index (χ3v) is 7.36. The van der Waals surface area contributed by atoms with E-state index in [1.54, 1.807) is 22.4 Å². The number of benzene rings is 2. The monoisotopic (exact) mass is 462 g/mol. The molecule has 1 saturated heterocycles. The van der Waals surface area contributed by atoms with Gasteiger partial charge in [0, 0.05) is 35.4 Å². The van der Waals surface area contributed by atoms with Gasteiger partial charge in [-0.25, -0.2) is 13.4 Å². The van der Waals surface area contributed by atoms with Crippen LogP contribution in [0.25, 0.3) is 0 Å². The van der Waals surface area contributed by atoms with Crippen LogP contribution < -0.4 is 14.9 Å². The molecule has 2 N–H and O–H groups in total. The van der Waals surface area contributed by atoms with Crippen LogP contribution in [0, 0.1) is 0 Å². The summed E-state index contributed by atoms with van der Waals surface area (Å²) in [6.07, 6.45) is 2.19. The Labute approximate surface area is 183 Å². The van der Waals surface area contributed by atoms with Gasteiger partial charge in [-0.15, -0.1) is 11.3 Å². The van der Waals surface area contributed by atoms with Crippen LogP contribution in [0.1, 0.15) is 12.0 Å². The van der Waals surface area contributed by atoms with Crippen LogP contribution in [0.15, 0.2) is 65.0 Å². The number of amides is 1. The lowest BCUT2D eigenvalue weighted by Crippen LogP contribution is -2.38. The molecule has 0 saturated carbocycles. The second-order valence-corrected chi connectivity index (χ2v) is 9.72. The van der Waals surface area contributed by atoms with E-state index in [4.69, 9.17) is 11.6 Å². The van der Waals surface area contributed by atoms with Crippen molar-refractivity contribution in [2.75, 3.05) is 16.2 Å². The first-order valence-electron chi connectivity index (χ1n) is 9.24. The van der Waals surface area contributed by atoms with Crippen LogP contribution in [-0.4, -0.2) is 31.9 Å². The Balaban J connectivity index is 1.41. The number of halogens is 1. The third kappa shape index (κ3) is 4.49. The van der Waals surface area contributed by atoms with Crippen molar-refractivity contribution in [3.63, 3.8) is 0 Å². The lowest BCUT2D eigenvalue weighted by atomic mass is 10.2. The van der Waals surface area contributed by atoms with Gasteiger partial charge in [0.1, 0.15) is 0 Å². The van der Waals surface area contributed by atoms with E-state index >= 15 is 0 Å². The van der Waals surface area contributed by atoms with Gasteiger partial charge in [0.25, 0.3) is 10.0 Å². The zero-order chi connectivity index (χ0) is 21.1. The van der Waals surface area contributed by atoms with Crippen LogP contribution in [0.5, 0.6) is 0 Å². The molecule has 1 aromatic heterocycles. The summed E-state index contributed by atoms with van der Waals surface area (Å²) in [5.74, 6) is -0.0430. The largest absolute Gasteiger partial charge is 0.311 e. The number of thiazole rings is 1. The number of nitrogens with one attached hydrogen (secondary N) is 2. The van der Waals surface area contributed by atoms with Crippen molar-refractivity contribution in [1.82, 2.24) is 10.3 Å². The smallest absolute Gasteiger partial charge is 0.263 e. The quantitative estimate of drug-likeness (QED) is 0.560. The van der Waals surface area contributed by atoms with Gasteiger partial charge < -0.3 is 10.2 Å². The molecule has 30 heavy (non-hydrogen) atoms. The molecule has 1 aliphatic rings. The van der Waals surface area contributed by atoms with E-state index in [1.807, 2.05) is 24.3 Å². The van der Waals surface area contributed by atoms with Gasteiger partial charge in [0.15, 0.2) is 5.13 Å². The van der Waals surface area contributed by atoms with Crippen LogP contribution in [0.2, 0.25) is 5.02 Å². The summed E-state index contributed by atoms with van der Waals surface area (Å²) in [5, 5.41) is 5.92. The van der Waals surface area contributed by atoms with E-state index in [0.29, 0.717) is 35.4 Å². The minimum absolute atomic E-state index is 0.0430. The molecule has 1 amide bonds. The lowest BCUT2D eigenvalue weighted by molar-refractivity contribution is -0.118. The molecular formula is C20H19ClN4O3S2. The maximum atomic E-state index is 12.8. The van der Waals surface area contributed by atoms with E-state index in [9.17, 15) is 13.2 Å². The van der Waals surface area contributed by atoms with Crippen LogP contribution in [0.4, 0.5) is 10.8 Å². The van der Waals surface area contributed by atoms with Crippen molar-refractivity contribution in [1.29, 1.82) is 0 Å². The number of nitrogens with zero attached hydrogens (tertiary/aromatic N) is 2. The number of sulfonamides is 1. The SMILES string of the molecule is O=C1C(NCc2ccccc2Cl)CCN1c1ccc(S(=O)(=O)Nc2nccs2)cc1. The number of rotatable bonds is 7. The van der Waals surface area contributed by atoms with Crippen LogP contribution >= 0.6 is 22.9 Å². The molecule has 10 heteroatoms.